The Bertz CT molecular complexity index is 1020. The van der Waals surface area contributed by atoms with Gasteiger partial charge < -0.3 is 0 Å². The molecule has 0 aliphatic rings. The lowest BCUT2D eigenvalue weighted by atomic mass is 10.2. The van der Waals surface area contributed by atoms with Gasteiger partial charge in [-0.15, -0.1) is 0 Å². The molecule has 134 valence electrons. The highest BCUT2D eigenvalue weighted by Crippen LogP contribution is 2.28. The smallest absolute Gasteiger partial charge is 0.262 e. The standard InChI is InChI=1S/C20H17F2NO2S/c1-15-5-2-3-8-20(15)26(24,25)23(19-11-9-17(21)10-12-19)14-16-6-4-7-18(22)13-16/h2-13H,14H2,1H3. The average molecular weight is 373 g/mol. The Kier molecular flexibility index (Phi) is 5.04. The minimum absolute atomic E-state index is 0.0694. The largest absolute Gasteiger partial charge is 0.264 e. The van der Waals surface area contributed by atoms with Crippen LogP contribution in [0.1, 0.15) is 11.1 Å². The molecule has 0 aromatic heterocycles. The number of aryl methyl sites for hydroxylation is 1. The fraction of sp³-hybridized carbons (Fsp3) is 0.100. The molecular formula is C20H17F2NO2S. The summed E-state index contributed by atoms with van der Waals surface area (Å²) in [7, 11) is -3.92. The van der Waals surface area contributed by atoms with Gasteiger partial charge in [0.2, 0.25) is 0 Å². The van der Waals surface area contributed by atoms with Crippen molar-refractivity contribution in [3.8, 4) is 0 Å². The fourth-order valence-electron chi connectivity index (χ4n) is 2.69. The van der Waals surface area contributed by atoms with Gasteiger partial charge in [0.05, 0.1) is 17.1 Å². The first-order valence-electron chi connectivity index (χ1n) is 7.96. The molecule has 26 heavy (non-hydrogen) atoms. The van der Waals surface area contributed by atoms with E-state index in [1.165, 1.54) is 48.5 Å². The van der Waals surface area contributed by atoms with Crippen LogP contribution >= 0.6 is 0 Å². The van der Waals surface area contributed by atoms with Crippen LogP contribution in [0.3, 0.4) is 0 Å². The second kappa shape index (κ2) is 7.25. The average Bonchev–Trinajstić information content (AvgIpc) is 2.61. The number of sulfonamides is 1. The molecule has 3 nitrogen and oxygen atoms in total. The maximum atomic E-state index is 13.5. The summed E-state index contributed by atoms with van der Waals surface area (Å²) in [6, 6.07) is 17.5. The number of nitrogens with zero attached hydrogens (tertiary/aromatic N) is 1. The first kappa shape index (κ1) is 18.1. The van der Waals surface area contributed by atoms with Crippen LogP contribution in [0.15, 0.2) is 77.7 Å². The van der Waals surface area contributed by atoms with Crippen molar-refractivity contribution in [2.45, 2.75) is 18.4 Å². The molecule has 3 aromatic rings. The van der Waals surface area contributed by atoms with Crippen LogP contribution in [0.2, 0.25) is 0 Å². The zero-order chi connectivity index (χ0) is 18.7. The summed E-state index contributed by atoms with van der Waals surface area (Å²) in [6.45, 7) is 1.64. The van der Waals surface area contributed by atoms with Crippen molar-refractivity contribution in [1.82, 2.24) is 0 Å². The number of hydrogen-bond acceptors (Lipinski definition) is 2. The zero-order valence-corrected chi connectivity index (χ0v) is 14.9. The van der Waals surface area contributed by atoms with E-state index < -0.39 is 21.7 Å². The van der Waals surface area contributed by atoms with Gasteiger partial charge in [0.1, 0.15) is 11.6 Å². The van der Waals surface area contributed by atoms with E-state index in [1.54, 1.807) is 31.2 Å². The molecule has 0 atom stereocenters. The van der Waals surface area contributed by atoms with E-state index in [0.29, 0.717) is 16.8 Å². The highest BCUT2D eigenvalue weighted by molar-refractivity contribution is 7.92. The van der Waals surface area contributed by atoms with E-state index in [2.05, 4.69) is 0 Å². The van der Waals surface area contributed by atoms with E-state index in [1.807, 2.05) is 0 Å². The number of rotatable bonds is 5. The molecule has 0 saturated heterocycles. The predicted molar refractivity (Wildman–Crippen MR) is 97.3 cm³/mol. The van der Waals surface area contributed by atoms with Crippen LogP contribution in [-0.2, 0) is 16.6 Å². The Morgan fingerprint density at radius 3 is 2.19 bits per heavy atom. The molecule has 0 radical (unpaired) electrons. The van der Waals surface area contributed by atoms with Gasteiger partial charge in [-0.2, -0.15) is 0 Å². The van der Waals surface area contributed by atoms with Gasteiger partial charge in [-0.1, -0.05) is 30.3 Å². The summed E-state index contributed by atoms with van der Waals surface area (Å²) in [6.07, 6.45) is 0. The zero-order valence-electron chi connectivity index (χ0n) is 14.1. The molecule has 0 amide bonds. The van der Waals surface area contributed by atoms with Crippen molar-refractivity contribution in [3.05, 3.63) is 95.6 Å². The van der Waals surface area contributed by atoms with Crippen LogP contribution < -0.4 is 4.31 Å². The van der Waals surface area contributed by atoms with Crippen LogP contribution in [0, 0.1) is 18.6 Å². The van der Waals surface area contributed by atoms with Gasteiger partial charge >= 0.3 is 0 Å². The van der Waals surface area contributed by atoms with Crippen molar-refractivity contribution in [2.24, 2.45) is 0 Å². The van der Waals surface area contributed by atoms with Gasteiger partial charge in [0.15, 0.2) is 0 Å². The summed E-state index contributed by atoms with van der Waals surface area (Å²) in [5.74, 6) is -0.914. The summed E-state index contributed by atoms with van der Waals surface area (Å²) in [5.41, 5.74) is 1.39. The molecule has 6 heteroatoms. The molecule has 0 unspecified atom stereocenters. The van der Waals surface area contributed by atoms with Gasteiger partial charge in [-0.05, 0) is 60.5 Å². The third kappa shape index (κ3) is 3.75. The molecule has 0 spiro atoms. The Labute approximate surface area is 151 Å². The molecule has 3 aromatic carbocycles. The Morgan fingerprint density at radius 1 is 0.846 bits per heavy atom. The lowest BCUT2D eigenvalue weighted by Gasteiger charge is -2.25. The maximum Gasteiger partial charge on any atom is 0.264 e. The van der Waals surface area contributed by atoms with E-state index in [9.17, 15) is 17.2 Å². The van der Waals surface area contributed by atoms with Crippen LogP contribution in [0.4, 0.5) is 14.5 Å². The molecule has 0 heterocycles. The highest BCUT2D eigenvalue weighted by atomic mass is 32.2. The lowest BCUT2D eigenvalue weighted by molar-refractivity contribution is 0.588. The normalized spacial score (nSPS) is 11.3. The molecule has 3 rings (SSSR count). The molecule has 0 bridgehead atoms. The van der Waals surface area contributed by atoms with Crippen molar-refractivity contribution >= 4 is 15.7 Å². The topological polar surface area (TPSA) is 37.4 Å². The molecule has 0 fully saturated rings. The van der Waals surface area contributed by atoms with Gasteiger partial charge in [0, 0.05) is 0 Å². The SMILES string of the molecule is Cc1ccccc1S(=O)(=O)N(Cc1cccc(F)c1)c1ccc(F)cc1. The number of benzene rings is 3. The van der Waals surface area contributed by atoms with Crippen molar-refractivity contribution in [3.63, 3.8) is 0 Å². The van der Waals surface area contributed by atoms with Crippen LogP contribution in [0.25, 0.3) is 0 Å². The summed E-state index contributed by atoms with van der Waals surface area (Å²) in [5, 5.41) is 0. The fourth-order valence-corrected chi connectivity index (χ4v) is 4.37. The van der Waals surface area contributed by atoms with E-state index in [4.69, 9.17) is 0 Å². The monoisotopic (exact) mass is 373 g/mol. The number of hydrogen-bond donors (Lipinski definition) is 0. The van der Waals surface area contributed by atoms with E-state index >= 15 is 0 Å². The van der Waals surface area contributed by atoms with E-state index in [-0.39, 0.29) is 11.4 Å². The third-order valence-corrected chi connectivity index (χ3v) is 5.93. The number of halogens is 2. The lowest BCUT2D eigenvalue weighted by Crippen LogP contribution is -2.31. The maximum absolute atomic E-state index is 13.5. The number of anilines is 1. The summed E-state index contributed by atoms with van der Waals surface area (Å²) < 4.78 is 54.5. The Balaban J connectivity index is 2.11. The first-order chi connectivity index (χ1) is 12.4. The van der Waals surface area contributed by atoms with Crippen molar-refractivity contribution in [1.29, 1.82) is 0 Å². The molecule has 0 saturated carbocycles. The molecule has 0 aliphatic heterocycles. The van der Waals surface area contributed by atoms with Crippen LogP contribution in [0.5, 0.6) is 0 Å². The van der Waals surface area contributed by atoms with Crippen molar-refractivity contribution < 1.29 is 17.2 Å². The van der Waals surface area contributed by atoms with E-state index in [0.717, 1.165) is 4.31 Å². The second-order valence-corrected chi connectivity index (χ2v) is 7.71. The second-order valence-electron chi connectivity index (χ2n) is 5.88. The summed E-state index contributed by atoms with van der Waals surface area (Å²) in [4.78, 5) is 0.153. The molecular weight excluding hydrogens is 356 g/mol. The predicted octanol–water partition coefficient (Wildman–Crippen LogP) is 4.67. The Morgan fingerprint density at radius 2 is 1.54 bits per heavy atom. The van der Waals surface area contributed by atoms with Gasteiger partial charge in [-0.3, -0.25) is 4.31 Å². The van der Waals surface area contributed by atoms with Gasteiger partial charge in [-0.25, -0.2) is 17.2 Å². The van der Waals surface area contributed by atoms with Crippen molar-refractivity contribution in [2.75, 3.05) is 4.31 Å². The third-order valence-electron chi connectivity index (χ3n) is 3.99. The quantitative estimate of drug-likeness (QED) is 0.652. The van der Waals surface area contributed by atoms with Crippen LogP contribution in [-0.4, -0.2) is 8.42 Å². The Hall–Kier alpha value is -2.73. The van der Waals surface area contributed by atoms with Gasteiger partial charge in [0.25, 0.3) is 10.0 Å². The molecule has 0 aliphatic carbocycles. The molecule has 0 N–H and O–H groups in total. The minimum atomic E-state index is -3.92. The highest BCUT2D eigenvalue weighted by Gasteiger charge is 2.26. The first-order valence-corrected chi connectivity index (χ1v) is 9.40. The minimum Gasteiger partial charge on any atom is -0.262 e. The summed E-state index contributed by atoms with van der Waals surface area (Å²) >= 11 is 0.